The van der Waals surface area contributed by atoms with E-state index in [4.69, 9.17) is 4.74 Å². The SMILES string of the molecule is C=CCc1cccc(C=NNC(=O)CSc2nnc(CNc3ccccc3OC)n2-c2ccccc2)c1O. The Bertz CT molecular complexity index is 1420. The maximum atomic E-state index is 12.5. The number of allylic oxidation sites excluding steroid dienone is 1. The molecule has 1 amide bonds. The highest BCUT2D eigenvalue weighted by molar-refractivity contribution is 7.99. The summed E-state index contributed by atoms with van der Waals surface area (Å²) in [5.41, 5.74) is 5.46. The van der Waals surface area contributed by atoms with Crippen LogP contribution in [0.25, 0.3) is 5.69 Å². The van der Waals surface area contributed by atoms with Crippen LogP contribution in [-0.4, -0.2) is 44.9 Å². The molecule has 0 saturated heterocycles. The minimum atomic E-state index is -0.315. The first kappa shape index (κ1) is 26.5. The number of methoxy groups -OCH3 is 1. The minimum Gasteiger partial charge on any atom is -0.507 e. The first-order chi connectivity index (χ1) is 18.6. The standard InChI is InChI=1S/C28H28N6O3S/c1-3-10-20-11-9-12-21(27(20)36)17-30-32-26(35)19-38-28-33-31-25(34(28)22-13-5-4-6-14-22)18-29-23-15-7-8-16-24(23)37-2/h3-9,11-17,29,36H,1,10,18-19H2,2H3,(H,32,35). The zero-order valence-electron chi connectivity index (χ0n) is 20.9. The van der Waals surface area contributed by atoms with Gasteiger partial charge >= 0.3 is 0 Å². The van der Waals surface area contributed by atoms with E-state index in [1.54, 1.807) is 19.3 Å². The number of carbonyl (C=O) groups is 1. The Morgan fingerprint density at radius 1 is 1.11 bits per heavy atom. The molecule has 1 aromatic heterocycles. The van der Waals surface area contributed by atoms with Crippen molar-refractivity contribution in [2.75, 3.05) is 18.2 Å². The smallest absolute Gasteiger partial charge is 0.250 e. The molecule has 0 atom stereocenters. The van der Waals surface area contributed by atoms with Crippen molar-refractivity contribution in [3.8, 4) is 17.2 Å². The summed E-state index contributed by atoms with van der Waals surface area (Å²) < 4.78 is 7.33. The first-order valence-electron chi connectivity index (χ1n) is 11.8. The van der Waals surface area contributed by atoms with E-state index in [0.717, 1.165) is 22.7 Å². The number of amides is 1. The van der Waals surface area contributed by atoms with Gasteiger partial charge in [-0.1, -0.05) is 60.3 Å². The summed E-state index contributed by atoms with van der Waals surface area (Å²) in [5, 5.41) is 26.9. The van der Waals surface area contributed by atoms with Gasteiger partial charge in [0.15, 0.2) is 11.0 Å². The lowest BCUT2D eigenvalue weighted by Crippen LogP contribution is -2.20. The summed E-state index contributed by atoms with van der Waals surface area (Å²) in [6, 6.07) is 22.7. The van der Waals surface area contributed by atoms with Gasteiger partial charge in [-0.05, 0) is 42.3 Å². The van der Waals surface area contributed by atoms with E-state index in [0.29, 0.717) is 29.5 Å². The molecule has 0 aliphatic rings. The van der Waals surface area contributed by atoms with Crippen molar-refractivity contribution in [1.82, 2.24) is 20.2 Å². The molecule has 0 fully saturated rings. The van der Waals surface area contributed by atoms with Gasteiger partial charge in [-0.2, -0.15) is 5.10 Å². The molecule has 3 N–H and O–H groups in total. The molecule has 0 saturated carbocycles. The molecule has 10 heteroatoms. The van der Waals surface area contributed by atoms with Gasteiger partial charge in [0.2, 0.25) is 0 Å². The van der Waals surface area contributed by atoms with Gasteiger partial charge < -0.3 is 15.2 Å². The number of aromatic nitrogens is 3. The number of hydrogen-bond acceptors (Lipinski definition) is 8. The average molecular weight is 529 g/mol. The number of hydrazone groups is 1. The van der Waals surface area contributed by atoms with E-state index in [2.05, 4.69) is 32.6 Å². The second kappa shape index (κ2) is 13.1. The third-order valence-electron chi connectivity index (χ3n) is 5.50. The predicted octanol–water partition coefficient (Wildman–Crippen LogP) is 4.56. The van der Waals surface area contributed by atoms with E-state index in [1.807, 2.05) is 71.3 Å². The van der Waals surface area contributed by atoms with Crippen LogP contribution in [0.3, 0.4) is 0 Å². The van der Waals surface area contributed by atoms with Crippen LogP contribution in [0.1, 0.15) is 17.0 Å². The molecular weight excluding hydrogens is 500 g/mol. The Morgan fingerprint density at radius 3 is 2.68 bits per heavy atom. The van der Waals surface area contributed by atoms with Gasteiger partial charge in [0, 0.05) is 11.3 Å². The molecular formula is C28H28N6O3S. The fourth-order valence-corrected chi connectivity index (χ4v) is 4.44. The fraction of sp³-hybridized carbons (Fsp3) is 0.143. The summed E-state index contributed by atoms with van der Waals surface area (Å²) in [5.74, 6) is 1.28. The summed E-state index contributed by atoms with van der Waals surface area (Å²) in [4.78, 5) is 12.5. The molecule has 9 nitrogen and oxygen atoms in total. The number of hydrogen-bond donors (Lipinski definition) is 3. The molecule has 194 valence electrons. The molecule has 0 aliphatic heterocycles. The molecule has 4 rings (SSSR count). The number of benzene rings is 3. The topological polar surface area (TPSA) is 114 Å². The minimum absolute atomic E-state index is 0.0741. The Labute approximate surface area is 225 Å². The van der Waals surface area contributed by atoms with Crippen molar-refractivity contribution in [3.63, 3.8) is 0 Å². The Morgan fingerprint density at radius 2 is 1.89 bits per heavy atom. The van der Waals surface area contributed by atoms with Gasteiger partial charge in [-0.25, -0.2) is 5.43 Å². The van der Waals surface area contributed by atoms with Gasteiger partial charge in [0.05, 0.1) is 31.3 Å². The van der Waals surface area contributed by atoms with Gasteiger partial charge in [0.1, 0.15) is 11.5 Å². The van der Waals surface area contributed by atoms with Crippen molar-refractivity contribution in [1.29, 1.82) is 0 Å². The molecule has 4 aromatic rings. The lowest BCUT2D eigenvalue weighted by atomic mass is 10.1. The lowest BCUT2D eigenvalue weighted by molar-refractivity contribution is -0.118. The van der Waals surface area contributed by atoms with Crippen LogP contribution < -0.4 is 15.5 Å². The third-order valence-corrected chi connectivity index (χ3v) is 6.43. The second-order valence-electron chi connectivity index (χ2n) is 8.05. The number of nitrogens with zero attached hydrogens (tertiary/aromatic N) is 4. The monoisotopic (exact) mass is 528 g/mol. The number of phenolic OH excluding ortho intramolecular Hbond substituents is 1. The quantitative estimate of drug-likeness (QED) is 0.107. The number of para-hydroxylation sites is 4. The molecule has 0 unspecified atom stereocenters. The number of nitrogens with one attached hydrogen (secondary N) is 2. The first-order valence-corrected chi connectivity index (χ1v) is 12.8. The van der Waals surface area contributed by atoms with Crippen LogP contribution in [-0.2, 0) is 17.8 Å². The van der Waals surface area contributed by atoms with Crippen molar-refractivity contribution in [2.45, 2.75) is 18.1 Å². The molecule has 0 radical (unpaired) electrons. The molecule has 38 heavy (non-hydrogen) atoms. The molecule has 3 aromatic carbocycles. The Kier molecular flexibility index (Phi) is 9.14. The van der Waals surface area contributed by atoms with Crippen molar-refractivity contribution >= 4 is 29.6 Å². The molecule has 0 spiro atoms. The van der Waals surface area contributed by atoms with Crippen molar-refractivity contribution in [2.24, 2.45) is 5.10 Å². The normalized spacial score (nSPS) is 10.9. The zero-order chi connectivity index (χ0) is 26.7. The highest BCUT2D eigenvalue weighted by Gasteiger charge is 2.16. The van der Waals surface area contributed by atoms with E-state index in [-0.39, 0.29) is 17.4 Å². The van der Waals surface area contributed by atoms with E-state index < -0.39 is 0 Å². The predicted molar refractivity (Wildman–Crippen MR) is 150 cm³/mol. The molecule has 0 bridgehead atoms. The number of aromatic hydroxyl groups is 1. The van der Waals surface area contributed by atoms with Crippen LogP contribution in [0, 0.1) is 0 Å². The van der Waals surface area contributed by atoms with E-state index >= 15 is 0 Å². The molecule has 0 aliphatic carbocycles. The Balaban J connectivity index is 1.43. The fourth-order valence-electron chi connectivity index (χ4n) is 3.68. The van der Waals surface area contributed by atoms with Crippen LogP contribution in [0.15, 0.2) is 95.7 Å². The number of thioether (sulfide) groups is 1. The van der Waals surface area contributed by atoms with E-state index in [1.165, 1.54) is 18.0 Å². The third kappa shape index (κ3) is 6.60. The molecule has 1 heterocycles. The summed E-state index contributed by atoms with van der Waals surface area (Å²) in [6.07, 6.45) is 3.66. The number of phenols is 1. The number of rotatable bonds is 12. The summed E-state index contributed by atoms with van der Waals surface area (Å²) >= 11 is 1.25. The second-order valence-corrected chi connectivity index (χ2v) is 9.00. The van der Waals surface area contributed by atoms with Crippen LogP contribution >= 0.6 is 11.8 Å². The van der Waals surface area contributed by atoms with Crippen LogP contribution in [0.2, 0.25) is 0 Å². The maximum Gasteiger partial charge on any atom is 0.250 e. The van der Waals surface area contributed by atoms with Crippen LogP contribution in [0.4, 0.5) is 5.69 Å². The van der Waals surface area contributed by atoms with Gasteiger partial charge in [0.25, 0.3) is 5.91 Å². The summed E-state index contributed by atoms with van der Waals surface area (Å²) in [6.45, 7) is 4.09. The number of anilines is 1. The van der Waals surface area contributed by atoms with Crippen molar-refractivity contribution in [3.05, 3.63) is 102 Å². The average Bonchev–Trinajstić information content (AvgIpc) is 3.36. The van der Waals surface area contributed by atoms with Gasteiger partial charge in [-0.15, -0.1) is 16.8 Å². The maximum absolute atomic E-state index is 12.5. The van der Waals surface area contributed by atoms with Gasteiger partial charge in [-0.3, -0.25) is 9.36 Å². The zero-order valence-corrected chi connectivity index (χ0v) is 21.7. The van der Waals surface area contributed by atoms with Crippen LogP contribution in [0.5, 0.6) is 11.5 Å². The summed E-state index contributed by atoms with van der Waals surface area (Å²) in [7, 11) is 1.62. The highest BCUT2D eigenvalue weighted by Crippen LogP contribution is 2.26. The number of carbonyl (C=O) groups excluding carboxylic acids is 1. The number of ether oxygens (including phenoxy) is 1. The Hall–Kier alpha value is -4.57. The highest BCUT2D eigenvalue weighted by atomic mass is 32.2. The van der Waals surface area contributed by atoms with Crippen molar-refractivity contribution < 1.29 is 14.6 Å². The largest absolute Gasteiger partial charge is 0.507 e. The van der Waals surface area contributed by atoms with E-state index in [9.17, 15) is 9.90 Å². The lowest BCUT2D eigenvalue weighted by Gasteiger charge is -2.13.